The molecule has 1 aliphatic rings. The molecule has 110 valence electrons. The number of nitrogens with one attached hydrogen (secondary N) is 1. The van der Waals surface area contributed by atoms with Crippen molar-refractivity contribution in [2.75, 3.05) is 24.7 Å². The molecule has 1 rings (SSSR count). The number of aliphatic carboxylic acids is 1. The van der Waals surface area contributed by atoms with Crippen molar-refractivity contribution in [1.82, 2.24) is 5.32 Å². The summed E-state index contributed by atoms with van der Waals surface area (Å²) in [6, 6.07) is 0. The van der Waals surface area contributed by atoms with Crippen LogP contribution in [0.3, 0.4) is 0 Å². The van der Waals surface area contributed by atoms with Crippen molar-refractivity contribution in [3.05, 3.63) is 0 Å². The Morgan fingerprint density at radius 1 is 1.32 bits per heavy atom. The number of rotatable bonds is 5. The number of carboxylic acid groups (broad SMARTS) is 1. The number of amides is 1. The fourth-order valence-corrected chi connectivity index (χ4v) is 2.86. The molecule has 9 heteroatoms. The highest BCUT2D eigenvalue weighted by Crippen LogP contribution is 2.27. The highest BCUT2D eigenvalue weighted by atomic mass is 32.2. The van der Waals surface area contributed by atoms with Crippen LogP contribution in [0.4, 0.5) is 13.2 Å². The molecule has 1 aliphatic heterocycles. The molecule has 0 spiro atoms. The fraction of sp³-hybridized carbons (Fsp3) is 0.800. The van der Waals surface area contributed by atoms with E-state index in [0.29, 0.717) is 11.5 Å². The van der Waals surface area contributed by atoms with Crippen molar-refractivity contribution < 1.29 is 32.6 Å². The smallest absolute Gasteiger partial charge is 0.411 e. The van der Waals surface area contributed by atoms with Crippen molar-refractivity contribution >= 4 is 23.6 Å². The van der Waals surface area contributed by atoms with Crippen LogP contribution in [0, 0.1) is 0 Å². The van der Waals surface area contributed by atoms with Crippen LogP contribution >= 0.6 is 11.8 Å². The number of ether oxygens (including phenoxy) is 1. The van der Waals surface area contributed by atoms with E-state index in [9.17, 15) is 22.8 Å². The number of alkyl halides is 3. The third-order valence-electron chi connectivity index (χ3n) is 2.63. The van der Waals surface area contributed by atoms with E-state index in [1.165, 1.54) is 0 Å². The normalized spacial score (nSPS) is 18.9. The lowest BCUT2D eigenvalue weighted by Gasteiger charge is -2.33. The van der Waals surface area contributed by atoms with Gasteiger partial charge in [0.05, 0.1) is 0 Å². The highest BCUT2D eigenvalue weighted by molar-refractivity contribution is 7.99. The third-order valence-corrected chi connectivity index (χ3v) is 3.62. The van der Waals surface area contributed by atoms with Crippen LogP contribution in [-0.2, 0) is 14.3 Å². The largest absolute Gasteiger partial charge is 0.480 e. The van der Waals surface area contributed by atoms with Crippen LogP contribution in [0.15, 0.2) is 0 Å². The molecule has 0 aromatic heterocycles. The Morgan fingerprint density at radius 2 is 1.89 bits per heavy atom. The van der Waals surface area contributed by atoms with Crippen LogP contribution in [0.5, 0.6) is 0 Å². The molecule has 0 bridgehead atoms. The van der Waals surface area contributed by atoms with Gasteiger partial charge in [0, 0.05) is 0 Å². The van der Waals surface area contributed by atoms with E-state index in [0.717, 1.165) is 0 Å². The lowest BCUT2D eigenvalue weighted by Crippen LogP contribution is -2.57. The first kappa shape index (κ1) is 16.1. The van der Waals surface area contributed by atoms with Gasteiger partial charge in [-0.3, -0.25) is 4.79 Å². The molecule has 1 amide bonds. The molecule has 0 saturated carbocycles. The third kappa shape index (κ3) is 5.27. The van der Waals surface area contributed by atoms with Crippen LogP contribution < -0.4 is 5.32 Å². The van der Waals surface area contributed by atoms with Crippen molar-refractivity contribution in [3.8, 4) is 0 Å². The van der Waals surface area contributed by atoms with Crippen molar-refractivity contribution in [2.24, 2.45) is 0 Å². The Morgan fingerprint density at radius 3 is 2.37 bits per heavy atom. The first-order valence-electron chi connectivity index (χ1n) is 5.52. The van der Waals surface area contributed by atoms with Crippen LogP contribution in [0.2, 0.25) is 0 Å². The summed E-state index contributed by atoms with van der Waals surface area (Å²) in [4.78, 5) is 22.6. The average Bonchev–Trinajstić information content (AvgIpc) is 2.28. The minimum absolute atomic E-state index is 0.248. The molecule has 1 saturated heterocycles. The number of hydrogen-bond donors (Lipinski definition) is 2. The maximum atomic E-state index is 11.8. The first-order valence-corrected chi connectivity index (χ1v) is 6.67. The van der Waals surface area contributed by atoms with E-state index < -0.39 is 36.8 Å². The predicted molar refractivity (Wildman–Crippen MR) is 61.9 cm³/mol. The second-order valence-electron chi connectivity index (χ2n) is 4.16. The van der Waals surface area contributed by atoms with E-state index >= 15 is 0 Å². The van der Waals surface area contributed by atoms with Gasteiger partial charge in [-0.25, -0.2) is 4.79 Å². The van der Waals surface area contributed by atoms with E-state index in [1.54, 1.807) is 11.8 Å². The SMILES string of the molecule is O=C(COCC(F)(F)F)NC1(C(=O)O)CCSCC1. The lowest BCUT2D eigenvalue weighted by molar-refractivity contribution is -0.176. The van der Waals surface area contributed by atoms with Crippen molar-refractivity contribution in [3.63, 3.8) is 0 Å². The average molecular weight is 301 g/mol. The monoisotopic (exact) mass is 301 g/mol. The summed E-state index contributed by atoms with van der Waals surface area (Å²) in [5.74, 6) is -0.859. The lowest BCUT2D eigenvalue weighted by atomic mass is 9.92. The zero-order valence-corrected chi connectivity index (χ0v) is 10.8. The zero-order chi connectivity index (χ0) is 14.5. The van der Waals surface area contributed by atoms with E-state index in [-0.39, 0.29) is 12.8 Å². The molecule has 0 aliphatic carbocycles. The standard InChI is InChI=1S/C10H14F3NO4S/c11-10(12,13)6-18-5-7(15)14-9(8(16)17)1-3-19-4-2-9/h1-6H2,(H,14,15)(H,16,17). The molecule has 19 heavy (non-hydrogen) atoms. The summed E-state index contributed by atoms with van der Waals surface area (Å²) in [5.41, 5.74) is -1.38. The Hall–Kier alpha value is -0.960. The molecule has 0 aromatic carbocycles. The number of carbonyl (C=O) groups is 2. The molecular formula is C10H14F3NO4S. The van der Waals surface area contributed by atoms with Gasteiger partial charge in [0.15, 0.2) is 0 Å². The van der Waals surface area contributed by atoms with Gasteiger partial charge in [-0.15, -0.1) is 0 Å². The number of carboxylic acids is 1. The fourth-order valence-electron chi connectivity index (χ4n) is 1.67. The summed E-state index contributed by atoms with van der Waals surface area (Å²) in [6.07, 6.45) is -4.01. The van der Waals surface area contributed by atoms with Gasteiger partial charge < -0.3 is 15.2 Å². The number of hydrogen-bond acceptors (Lipinski definition) is 4. The first-order chi connectivity index (χ1) is 8.75. The van der Waals surface area contributed by atoms with Gasteiger partial charge in [-0.1, -0.05) is 0 Å². The quantitative estimate of drug-likeness (QED) is 0.793. The van der Waals surface area contributed by atoms with Gasteiger partial charge in [0.1, 0.15) is 18.8 Å². The molecule has 1 fully saturated rings. The number of carbonyl (C=O) groups excluding carboxylic acids is 1. The molecule has 0 radical (unpaired) electrons. The minimum Gasteiger partial charge on any atom is -0.480 e. The molecular weight excluding hydrogens is 287 g/mol. The Labute approximate surface area is 111 Å². The molecule has 1 heterocycles. The van der Waals surface area contributed by atoms with Crippen LogP contribution in [-0.4, -0.2) is 53.4 Å². The highest BCUT2D eigenvalue weighted by Gasteiger charge is 2.41. The summed E-state index contributed by atoms with van der Waals surface area (Å²) >= 11 is 1.57. The minimum atomic E-state index is -4.51. The Bertz CT molecular complexity index is 342. The second-order valence-corrected chi connectivity index (χ2v) is 5.38. The van der Waals surface area contributed by atoms with E-state index in [4.69, 9.17) is 5.11 Å². The van der Waals surface area contributed by atoms with Gasteiger partial charge >= 0.3 is 12.1 Å². The van der Waals surface area contributed by atoms with Crippen LogP contribution in [0.25, 0.3) is 0 Å². The number of thioether (sulfide) groups is 1. The number of halogens is 3. The Kier molecular flexibility index (Phi) is 5.48. The predicted octanol–water partition coefficient (Wildman–Crippen LogP) is 1.03. The second kappa shape index (κ2) is 6.47. The van der Waals surface area contributed by atoms with E-state index in [2.05, 4.69) is 10.1 Å². The maximum absolute atomic E-state index is 11.8. The topological polar surface area (TPSA) is 75.6 Å². The molecule has 5 nitrogen and oxygen atoms in total. The van der Waals surface area contributed by atoms with Crippen LogP contribution in [0.1, 0.15) is 12.8 Å². The molecule has 2 N–H and O–H groups in total. The Balaban J connectivity index is 2.46. The maximum Gasteiger partial charge on any atom is 0.411 e. The molecule has 0 aromatic rings. The summed E-state index contributed by atoms with van der Waals surface area (Å²) in [5, 5.41) is 11.4. The van der Waals surface area contributed by atoms with Gasteiger partial charge in [-0.2, -0.15) is 24.9 Å². The summed E-state index contributed by atoms with van der Waals surface area (Å²) < 4.78 is 39.6. The van der Waals surface area contributed by atoms with Crippen molar-refractivity contribution in [1.29, 1.82) is 0 Å². The summed E-state index contributed by atoms with van der Waals surface area (Å²) in [7, 11) is 0. The summed E-state index contributed by atoms with van der Waals surface area (Å²) in [6.45, 7) is -2.34. The van der Waals surface area contributed by atoms with E-state index in [1.807, 2.05) is 0 Å². The van der Waals surface area contributed by atoms with Gasteiger partial charge in [-0.05, 0) is 24.3 Å². The molecule has 0 atom stereocenters. The zero-order valence-electron chi connectivity index (χ0n) is 9.96. The van der Waals surface area contributed by atoms with Crippen molar-refractivity contribution in [2.45, 2.75) is 24.6 Å². The van der Waals surface area contributed by atoms with Gasteiger partial charge in [0.2, 0.25) is 5.91 Å². The van der Waals surface area contributed by atoms with Gasteiger partial charge in [0.25, 0.3) is 0 Å². The molecule has 0 unspecified atom stereocenters.